The summed E-state index contributed by atoms with van der Waals surface area (Å²) in [5.41, 5.74) is 5.15. The fourth-order valence-corrected chi connectivity index (χ4v) is 2.90. The average molecular weight is 397 g/mol. The number of carbonyl (C=O) groups is 1. The number of nitrogens with two attached hydrogens (primary N) is 1. The lowest BCUT2D eigenvalue weighted by atomic mass is 10.3. The molecule has 1 unspecified atom stereocenters. The molecule has 0 aliphatic heterocycles. The van der Waals surface area contributed by atoms with Gasteiger partial charge in [-0.25, -0.2) is 9.67 Å². The number of para-hydroxylation sites is 2. The summed E-state index contributed by atoms with van der Waals surface area (Å²) >= 11 is 6.03. The first-order valence-corrected chi connectivity index (χ1v) is 8.23. The van der Waals surface area contributed by atoms with Crippen LogP contribution in [0.2, 0.25) is 5.02 Å². The summed E-state index contributed by atoms with van der Waals surface area (Å²) in [7, 11) is 0. The Kier molecular flexibility index (Phi) is 5.08. The Bertz CT molecular complexity index is 1060. The van der Waals surface area contributed by atoms with Crippen molar-refractivity contribution in [1.29, 1.82) is 0 Å². The first-order chi connectivity index (χ1) is 12.8. The first-order valence-electron chi connectivity index (χ1n) is 7.85. The number of imidazole rings is 1. The molecule has 1 atom stereocenters. The fraction of sp³-hybridized carbons (Fsp3) is 0.250. The van der Waals surface area contributed by atoms with Crippen LogP contribution < -0.4 is 16.6 Å². The second-order valence-electron chi connectivity index (χ2n) is 5.77. The number of halogens is 3. The van der Waals surface area contributed by atoms with Gasteiger partial charge in [-0.3, -0.25) is 14.2 Å². The van der Waals surface area contributed by atoms with E-state index < -0.39 is 30.6 Å². The number of amides is 1. The highest BCUT2D eigenvalue weighted by atomic mass is 35.5. The highest BCUT2D eigenvalue weighted by molar-refractivity contribution is 6.32. The molecule has 0 saturated carbocycles. The van der Waals surface area contributed by atoms with Crippen LogP contribution in [0, 0.1) is 0 Å². The largest absolute Gasteiger partial charge is 0.373 e. The lowest BCUT2D eigenvalue weighted by molar-refractivity contribution is -0.118. The molecule has 2 aromatic heterocycles. The lowest BCUT2D eigenvalue weighted by Gasteiger charge is -2.17. The molecule has 1 amide bonds. The van der Waals surface area contributed by atoms with Gasteiger partial charge in [-0.15, -0.1) is 0 Å². The highest BCUT2D eigenvalue weighted by Crippen LogP contribution is 2.29. The predicted octanol–water partition coefficient (Wildman–Crippen LogP) is 2.30. The number of carbonyl (C=O) groups excluding carboxylic acids is 1. The minimum Gasteiger partial charge on any atom is -0.373 e. The zero-order chi connectivity index (χ0) is 19.7. The maximum absolute atomic E-state index is 13.6. The summed E-state index contributed by atoms with van der Waals surface area (Å²) in [4.78, 5) is 27.3. The molecule has 11 heteroatoms. The van der Waals surface area contributed by atoms with Gasteiger partial charge in [0.05, 0.1) is 29.0 Å². The number of rotatable bonds is 6. The number of alkyl halides is 2. The molecule has 3 rings (SSSR count). The molecule has 0 aliphatic carbocycles. The van der Waals surface area contributed by atoms with Crippen molar-refractivity contribution in [2.24, 2.45) is 5.73 Å². The monoisotopic (exact) mass is 396 g/mol. The van der Waals surface area contributed by atoms with Gasteiger partial charge in [0.25, 0.3) is 5.56 Å². The van der Waals surface area contributed by atoms with Gasteiger partial charge in [0.1, 0.15) is 17.4 Å². The van der Waals surface area contributed by atoms with Crippen molar-refractivity contribution in [2.45, 2.75) is 26.1 Å². The van der Waals surface area contributed by atoms with E-state index in [4.69, 9.17) is 17.3 Å². The molecule has 0 fully saturated rings. The van der Waals surface area contributed by atoms with Crippen molar-refractivity contribution in [1.82, 2.24) is 19.3 Å². The molecule has 0 bridgehead atoms. The van der Waals surface area contributed by atoms with Crippen molar-refractivity contribution in [2.75, 3.05) is 5.32 Å². The number of nitrogens with one attached hydrogen (secondary N) is 1. The highest BCUT2D eigenvalue weighted by Gasteiger charge is 2.23. The van der Waals surface area contributed by atoms with Gasteiger partial charge >= 0.3 is 6.55 Å². The van der Waals surface area contributed by atoms with Gasteiger partial charge in [-0.05, 0) is 19.1 Å². The molecule has 0 spiro atoms. The number of aromatic nitrogens is 4. The van der Waals surface area contributed by atoms with Crippen LogP contribution in [0.5, 0.6) is 0 Å². The third kappa shape index (κ3) is 3.61. The number of fused-ring (bicyclic) bond motifs is 1. The molecule has 142 valence electrons. The zero-order valence-electron chi connectivity index (χ0n) is 14.1. The second kappa shape index (κ2) is 7.31. The van der Waals surface area contributed by atoms with Crippen molar-refractivity contribution in [3.63, 3.8) is 0 Å². The van der Waals surface area contributed by atoms with Crippen LogP contribution in [0.4, 0.5) is 14.5 Å². The smallest absolute Gasteiger partial charge is 0.320 e. The zero-order valence-corrected chi connectivity index (χ0v) is 14.8. The average Bonchev–Trinajstić information content (AvgIpc) is 3.01. The molecule has 0 radical (unpaired) electrons. The van der Waals surface area contributed by atoms with E-state index in [9.17, 15) is 18.4 Å². The van der Waals surface area contributed by atoms with Gasteiger partial charge < -0.3 is 11.1 Å². The summed E-state index contributed by atoms with van der Waals surface area (Å²) in [5, 5.41) is 6.43. The molecule has 8 nitrogen and oxygen atoms in total. The van der Waals surface area contributed by atoms with Gasteiger partial charge in [0.2, 0.25) is 5.91 Å². The summed E-state index contributed by atoms with van der Waals surface area (Å²) in [6, 6.07) is 5.81. The third-order valence-electron chi connectivity index (χ3n) is 3.87. The van der Waals surface area contributed by atoms with Crippen LogP contribution in [0.25, 0.3) is 11.0 Å². The van der Waals surface area contributed by atoms with Gasteiger partial charge in [0, 0.05) is 0 Å². The van der Waals surface area contributed by atoms with Crippen LogP contribution in [0.15, 0.2) is 35.3 Å². The van der Waals surface area contributed by atoms with Crippen LogP contribution >= 0.6 is 11.6 Å². The molecule has 0 aliphatic rings. The van der Waals surface area contributed by atoms with Crippen LogP contribution in [-0.4, -0.2) is 25.2 Å². The minimum atomic E-state index is -2.80. The molecular formula is C16H15ClF2N6O2. The Balaban J connectivity index is 1.97. The van der Waals surface area contributed by atoms with E-state index in [1.54, 1.807) is 31.2 Å². The Hall–Kier alpha value is -3.01. The standard InChI is InChI=1S/C16H15ClF2N6O2/c1-8(14-23-9-4-2-3-5-11(9)25(14)16(18)19)22-10-6-21-24(7-12(20)26)15(27)13(10)17/h2-6,8,16,22H,7H2,1H3,(H2,20,26). The normalized spacial score (nSPS) is 12.5. The van der Waals surface area contributed by atoms with E-state index in [0.29, 0.717) is 5.52 Å². The Morgan fingerprint density at radius 3 is 2.74 bits per heavy atom. The van der Waals surface area contributed by atoms with E-state index in [1.807, 2.05) is 0 Å². The summed E-state index contributed by atoms with van der Waals surface area (Å²) in [6.45, 7) is -1.62. The molecule has 2 heterocycles. The van der Waals surface area contributed by atoms with Gasteiger partial charge in [-0.2, -0.15) is 13.9 Å². The molecule has 1 aromatic carbocycles. The number of benzene rings is 1. The van der Waals surface area contributed by atoms with Crippen LogP contribution in [0.1, 0.15) is 25.3 Å². The molecular weight excluding hydrogens is 382 g/mol. The van der Waals surface area contributed by atoms with Crippen molar-refractivity contribution < 1.29 is 13.6 Å². The van der Waals surface area contributed by atoms with E-state index in [-0.39, 0.29) is 22.1 Å². The lowest BCUT2D eigenvalue weighted by Crippen LogP contribution is -2.30. The third-order valence-corrected chi connectivity index (χ3v) is 4.23. The van der Waals surface area contributed by atoms with E-state index in [1.165, 1.54) is 6.20 Å². The molecule has 0 saturated heterocycles. The maximum Gasteiger partial charge on any atom is 0.320 e. The summed E-state index contributed by atoms with van der Waals surface area (Å²) < 4.78 is 28.8. The second-order valence-corrected chi connectivity index (χ2v) is 6.15. The van der Waals surface area contributed by atoms with Gasteiger partial charge in [-0.1, -0.05) is 23.7 Å². The van der Waals surface area contributed by atoms with Crippen molar-refractivity contribution >= 4 is 34.2 Å². The maximum atomic E-state index is 13.6. The Labute approximate surface area is 156 Å². The van der Waals surface area contributed by atoms with Crippen molar-refractivity contribution in [3.05, 3.63) is 51.7 Å². The Morgan fingerprint density at radius 1 is 1.37 bits per heavy atom. The molecule has 3 N–H and O–H groups in total. The summed E-state index contributed by atoms with van der Waals surface area (Å²) in [5.74, 6) is -0.677. The molecule has 3 aromatic rings. The van der Waals surface area contributed by atoms with E-state index >= 15 is 0 Å². The fourth-order valence-electron chi connectivity index (χ4n) is 2.70. The van der Waals surface area contributed by atoms with Crippen molar-refractivity contribution in [3.8, 4) is 0 Å². The van der Waals surface area contributed by atoms with E-state index in [2.05, 4.69) is 15.4 Å². The van der Waals surface area contributed by atoms with E-state index in [0.717, 1.165) is 9.25 Å². The number of nitrogens with zero attached hydrogens (tertiary/aromatic N) is 4. The SMILES string of the molecule is CC(Nc1cnn(CC(N)=O)c(=O)c1Cl)c1nc2ccccc2n1C(F)F. The predicted molar refractivity (Wildman–Crippen MR) is 95.7 cm³/mol. The number of hydrogen-bond acceptors (Lipinski definition) is 5. The number of hydrogen-bond donors (Lipinski definition) is 2. The quantitative estimate of drug-likeness (QED) is 0.664. The topological polar surface area (TPSA) is 108 Å². The molecule has 27 heavy (non-hydrogen) atoms. The van der Waals surface area contributed by atoms with Crippen LogP contribution in [0.3, 0.4) is 0 Å². The Morgan fingerprint density at radius 2 is 2.07 bits per heavy atom. The van der Waals surface area contributed by atoms with Gasteiger partial charge in [0.15, 0.2) is 0 Å². The number of anilines is 1. The summed E-state index contributed by atoms with van der Waals surface area (Å²) in [6.07, 6.45) is 1.22. The number of primary amides is 1. The minimum absolute atomic E-state index is 0.0728. The first kappa shape index (κ1) is 18.8. The van der Waals surface area contributed by atoms with Crippen LogP contribution in [-0.2, 0) is 11.3 Å².